The summed E-state index contributed by atoms with van der Waals surface area (Å²) in [4.78, 5) is 25.2. The number of anilines is 1. The minimum atomic E-state index is -0.277. The van der Waals surface area contributed by atoms with E-state index in [0.29, 0.717) is 6.54 Å². The normalized spacial score (nSPS) is 19.6. The van der Waals surface area contributed by atoms with Crippen molar-refractivity contribution in [2.75, 3.05) is 25.0 Å². The van der Waals surface area contributed by atoms with Gasteiger partial charge < -0.3 is 11.1 Å². The Labute approximate surface area is 126 Å². The van der Waals surface area contributed by atoms with Gasteiger partial charge in [-0.25, -0.2) is 0 Å². The van der Waals surface area contributed by atoms with E-state index in [9.17, 15) is 9.59 Å². The van der Waals surface area contributed by atoms with E-state index in [1.54, 1.807) is 0 Å². The van der Waals surface area contributed by atoms with Gasteiger partial charge in [0.2, 0.25) is 11.8 Å². The Hall–Kier alpha value is -1.40. The zero-order valence-electron chi connectivity index (χ0n) is 11.1. The zero-order chi connectivity index (χ0) is 14.5. The number of halogens is 1. The molecule has 108 valence electrons. The first kappa shape index (κ1) is 15.0. The minimum Gasteiger partial charge on any atom is -0.369 e. The number of carbonyl (C=O) groups excluding carboxylic acids is 2. The maximum atomic E-state index is 12.0. The van der Waals surface area contributed by atoms with Crippen molar-refractivity contribution in [2.24, 2.45) is 11.7 Å². The lowest BCUT2D eigenvalue weighted by atomic mass is 9.97. The monoisotopic (exact) mass is 339 g/mol. The van der Waals surface area contributed by atoms with Crippen molar-refractivity contribution in [3.05, 3.63) is 28.7 Å². The number of benzene rings is 1. The first-order chi connectivity index (χ1) is 9.56. The molecule has 0 unspecified atom stereocenters. The van der Waals surface area contributed by atoms with Crippen molar-refractivity contribution in [3.63, 3.8) is 0 Å². The van der Waals surface area contributed by atoms with Crippen LogP contribution in [0.5, 0.6) is 0 Å². The van der Waals surface area contributed by atoms with Crippen LogP contribution >= 0.6 is 15.9 Å². The number of hydrogen-bond acceptors (Lipinski definition) is 3. The van der Waals surface area contributed by atoms with Crippen LogP contribution in [0.25, 0.3) is 0 Å². The summed E-state index contributed by atoms with van der Waals surface area (Å²) >= 11 is 3.39. The van der Waals surface area contributed by atoms with E-state index in [-0.39, 0.29) is 24.3 Å². The predicted molar refractivity (Wildman–Crippen MR) is 81.1 cm³/mol. The molecule has 0 aliphatic carbocycles. The van der Waals surface area contributed by atoms with Crippen LogP contribution in [0.15, 0.2) is 28.7 Å². The van der Waals surface area contributed by atoms with Gasteiger partial charge >= 0.3 is 0 Å². The minimum absolute atomic E-state index is 0.0815. The molecule has 0 radical (unpaired) electrons. The van der Waals surface area contributed by atoms with Crippen LogP contribution < -0.4 is 11.1 Å². The molecule has 1 saturated heterocycles. The van der Waals surface area contributed by atoms with Gasteiger partial charge in [-0.3, -0.25) is 14.5 Å². The van der Waals surface area contributed by atoms with Crippen LogP contribution in [-0.4, -0.2) is 36.3 Å². The van der Waals surface area contributed by atoms with Crippen molar-refractivity contribution in [1.82, 2.24) is 4.90 Å². The number of carbonyl (C=O) groups is 2. The number of piperidine rings is 1. The van der Waals surface area contributed by atoms with Crippen LogP contribution in [0.2, 0.25) is 0 Å². The van der Waals surface area contributed by atoms with Gasteiger partial charge in [-0.15, -0.1) is 0 Å². The highest BCUT2D eigenvalue weighted by Gasteiger charge is 2.25. The number of hydrogen-bond donors (Lipinski definition) is 2. The molecule has 1 atom stereocenters. The van der Waals surface area contributed by atoms with Gasteiger partial charge in [-0.2, -0.15) is 0 Å². The topological polar surface area (TPSA) is 75.4 Å². The van der Waals surface area contributed by atoms with Crippen molar-refractivity contribution < 1.29 is 9.59 Å². The predicted octanol–water partition coefficient (Wildman–Crippen LogP) is 1.58. The Balaban J connectivity index is 1.88. The molecule has 20 heavy (non-hydrogen) atoms. The average Bonchev–Trinajstić information content (AvgIpc) is 2.41. The van der Waals surface area contributed by atoms with Gasteiger partial charge in [-0.05, 0) is 47.4 Å². The molecule has 1 aromatic rings. The highest BCUT2D eigenvalue weighted by atomic mass is 79.9. The van der Waals surface area contributed by atoms with E-state index in [2.05, 4.69) is 21.2 Å². The summed E-state index contributed by atoms with van der Waals surface area (Å²) in [5, 5.41) is 2.86. The zero-order valence-corrected chi connectivity index (χ0v) is 12.7. The molecular formula is C14H18BrN3O2. The third kappa shape index (κ3) is 4.05. The Kier molecular flexibility index (Phi) is 5.14. The Morgan fingerprint density at radius 3 is 2.85 bits per heavy atom. The fraction of sp³-hybridized carbons (Fsp3) is 0.429. The fourth-order valence-electron chi connectivity index (χ4n) is 2.39. The van der Waals surface area contributed by atoms with Crippen molar-refractivity contribution in [2.45, 2.75) is 12.8 Å². The van der Waals surface area contributed by atoms with Crippen LogP contribution in [-0.2, 0) is 9.59 Å². The van der Waals surface area contributed by atoms with E-state index in [1.807, 2.05) is 29.2 Å². The number of likely N-dealkylation sites (tertiary alicyclic amines) is 1. The largest absolute Gasteiger partial charge is 0.369 e. The number of amides is 2. The van der Waals surface area contributed by atoms with E-state index in [1.165, 1.54) is 0 Å². The van der Waals surface area contributed by atoms with Crippen molar-refractivity contribution >= 4 is 33.4 Å². The lowest BCUT2D eigenvalue weighted by Crippen LogP contribution is -2.44. The van der Waals surface area contributed by atoms with E-state index in [4.69, 9.17) is 5.73 Å². The summed E-state index contributed by atoms with van der Waals surface area (Å²) in [5.74, 6) is -0.497. The molecule has 0 bridgehead atoms. The summed E-state index contributed by atoms with van der Waals surface area (Å²) in [6.45, 7) is 1.68. The SMILES string of the molecule is NC(=O)[C@@H]1CCCN(CC(=O)Nc2ccccc2Br)C1. The standard InChI is InChI=1S/C14H18BrN3O2/c15-11-5-1-2-6-12(11)17-13(19)9-18-7-3-4-10(8-18)14(16)20/h1-2,5-6,10H,3-4,7-9H2,(H2,16,20)(H,17,19)/t10-/m1/s1. The lowest BCUT2D eigenvalue weighted by molar-refractivity contribution is -0.125. The first-order valence-corrected chi connectivity index (χ1v) is 7.41. The fourth-order valence-corrected chi connectivity index (χ4v) is 2.77. The van der Waals surface area contributed by atoms with Gasteiger partial charge in [0.05, 0.1) is 18.2 Å². The molecular weight excluding hydrogens is 322 g/mol. The number of para-hydroxylation sites is 1. The van der Waals surface area contributed by atoms with Crippen LogP contribution in [0.3, 0.4) is 0 Å². The summed E-state index contributed by atoms with van der Waals surface area (Å²) in [5.41, 5.74) is 6.08. The molecule has 6 heteroatoms. The molecule has 2 rings (SSSR count). The number of rotatable bonds is 4. The summed E-state index contributed by atoms with van der Waals surface area (Å²) < 4.78 is 0.849. The maximum Gasteiger partial charge on any atom is 0.238 e. The molecule has 1 aliphatic rings. The molecule has 0 aromatic heterocycles. The van der Waals surface area contributed by atoms with Crippen LogP contribution in [0.4, 0.5) is 5.69 Å². The van der Waals surface area contributed by atoms with Gasteiger partial charge in [0.1, 0.15) is 0 Å². The average molecular weight is 340 g/mol. The maximum absolute atomic E-state index is 12.0. The molecule has 1 aromatic carbocycles. The van der Waals surface area contributed by atoms with E-state index < -0.39 is 0 Å². The lowest BCUT2D eigenvalue weighted by Gasteiger charge is -2.30. The van der Waals surface area contributed by atoms with Gasteiger partial charge in [-0.1, -0.05) is 12.1 Å². The Bertz CT molecular complexity index is 507. The third-order valence-electron chi connectivity index (χ3n) is 3.42. The number of nitrogens with two attached hydrogens (primary N) is 1. The van der Waals surface area contributed by atoms with E-state index >= 15 is 0 Å². The highest BCUT2D eigenvalue weighted by molar-refractivity contribution is 9.10. The van der Waals surface area contributed by atoms with Crippen LogP contribution in [0.1, 0.15) is 12.8 Å². The van der Waals surface area contributed by atoms with Crippen molar-refractivity contribution in [3.8, 4) is 0 Å². The molecule has 0 saturated carbocycles. The molecule has 5 nitrogen and oxygen atoms in total. The summed E-state index contributed by atoms with van der Waals surface area (Å²) in [6.07, 6.45) is 1.72. The summed E-state index contributed by atoms with van der Waals surface area (Å²) in [7, 11) is 0. The second-order valence-electron chi connectivity index (χ2n) is 5.00. The molecule has 1 fully saturated rings. The van der Waals surface area contributed by atoms with Gasteiger partial charge in [0, 0.05) is 11.0 Å². The smallest absolute Gasteiger partial charge is 0.238 e. The molecule has 0 spiro atoms. The van der Waals surface area contributed by atoms with Gasteiger partial charge in [0.15, 0.2) is 0 Å². The number of nitrogens with zero attached hydrogens (tertiary/aromatic N) is 1. The molecule has 2 amide bonds. The Morgan fingerprint density at radius 1 is 1.40 bits per heavy atom. The second kappa shape index (κ2) is 6.85. The van der Waals surface area contributed by atoms with E-state index in [0.717, 1.165) is 29.5 Å². The van der Waals surface area contributed by atoms with Gasteiger partial charge in [0.25, 0.3) is 0 Å². The molecule has 1 heterocycles. The molecule has 1 aliphatic heterocycles. The molecule has 3 N–H and O–H groups in total. The quantitative estimate of drug-likeness (QED) is 0.874. The third-order valence-corrected chi connectivity index (χ3v) is 4.11. The van der Waals surface area contributed by atoms with Crippen LogP contribution in [0, 0.1) is 5.92 Å². The highest BCUT2D eigenvalue weighted by Crippen LogP contribution is 2.21. The number of primary amides is 1. The summed E-state index contributed by atoms with van der Waals surface area (Å²) in [6, 6.07) is 7.47. The second-order valence-corrected chi connectivity index (χ2v) is 5.86. The number of nitrogens with one attached hydrogen (secondary N) is 1. The first-order valence-electron chi connectivity index (χ1n) is 6.62. The Morgan fingerprint density at radius 2 is 2.15 bits per heavy atom. The van der Waals surface area contributed by atoms with Crippen molar-refractivity contribution in [1.29, 1.82) is 0 Å².